The molecule has 2 aromatic carbocycles. The van der Waals surface area contributed by atoms with Crippen molar-refractivity contribution in [3.8, 4) is 22.6 Å². The van der Waals surface area contributed by atoms with Crippen molar-refractivity contribution in [2.45, 2.75) is 17.4 Å². The van der Waals surface area contributed by atoms with Crippen molar-refractivity contribution in [3.63, 3.8) is 0 Å². The molecular formula is C18H14INO3S. The number of aliphatic carboxylic acids is 1. The molecule has 0 aliphatic heterocycles. The fourth-order valence-corrected chi connectivity index (χ4v) is 3.18. The second-order valence-corrected chi connectivity index (χ2v) is 7.67. The quantitative estimate of drug-likeness (QED) is 0.428. The van der Waals surface area contributed by atoms with Crippen molar-refractivity contribution >= 4 is 40.3 Å². The summed E-state index contributed by atoms with van der Waals surface area (Å²) >= 11 is 3.35. The van der Waals surface area contributed by atoms with E-state index in [4.69, 9.17) is 9.52 Å². The minimum atomic E-state index is -0.893. The average molecular weight is 451 g/mol. The summed E-state index contributed by atoms with van der Waals surface area (Å²) in [5.74, 6) is -0.243. The average Bonchev–Trinajstić information content (AvgIpc) is 3.00. The van der Waals surface area contributed by atoms with Crippen molar-refractivity contribution in [1.82, 2.24) is 4.98 Å². The lowest BCUT2D eigenvalue weighted by molar-refractivity contribution is -0.136. The van der Waals surface area contributed by atoms with Crippen LogP contribution in [0.4, 0.5) is 0 Å². The molecule has 0 saturated heterocycles. The Balaban J connectivity index is 2.06. The highest BCUT2D eigenvalue weighted by Gasteiger charge is 2.21. The zero-order valence-corrected chi connectivity index (χ0v) is 15.7. The maximum atomic E-state index is 11.1. The number of benzene rings is 2. The fraction of sp³-hybridized carbons (Fsp3) is 0.111. The van der Waals surface area contributed by atoms with Gasteiger partial charge in [0, 0.05) is 14.7 Å². The Morgan fingerprint density at radius 3 is 2.42 bits per heavy atom. The molecule has 1 N–H and O–H groups in total. The molecule has 6 heteroatoms. The SMILES string of the molecule is CC(Sc1nc(-c2ccc(I)cc2)c(-c2ccccc2)o1)C(=O)O. The molecule has 4 nitrogen and oxygen atoms in total. The number of hydrogen-bond acceptors (Lipinski definition) is 4. The van der Waals surface area contributed by atoms with Gasteiger partial charge in [0.25, 0.3) is 5.22 Å². The van der Waals surface area contributed by atoms with E-state index in [0.717, 1.165) is 32.2 Å². The van der Waals surface area contributed by atoms with E-state index in [9.17, 15) is 4.79 Å². The van der Waals surface area contributed by atoms with Gasteiger partial charge in [-0.25, -0.2) is 4.98 Å². The van der Waals surface area contributed by atoms with Crippen molar-refractivity contribution in [2.24, 2.45) is 0 Å². The lowest BCUT2D eigenvalue weighted by Crippen LogP contribution is -2.10. The van der Waals surface area contributed by atoms with Crippen LogP contribution in [0, 0.1) is 3.57 Å². The van der Waals surface area contributed by atoms with Crippen LogP contribution in [-0.2, 0) is 4.79 Å². The molecular weight excluding hydrogens is 437 g/mol. The monoisotopic (exact) mass is 451 g/mol. The van der Waals surface area contributed by atoms with Crippen molar-refractivity contribution in [1.29, 1.82) is 0 Å². The Labute approximate surface area is 157 Å². The van der Waals surface area contributed by atoms with Gasteiger partial charge in [-0.05, 0) is 41.6 Å². The van der Waals surface area contributed by atoms with Gasteiger partial charge in [0.2, 0.25) is 0 Å². The number of oxazole rings is 1. The molecule has 1 atom stereocenters. The molecule has 24 heavy (non-hydrogen) atoms. The molecule has 0 aliphatic rings. The number of hydrogen-bond donors (Lipinski definition) is 1. The Morgan fingerprint density at radius 1 is 1.12 bits per heavy atom. The van der Waals surface area contributed by atoms with E-state index < -0.39 is 11.2 Å². The second-order valence-electron chi connectivity index (χ2n) is 5.13. The van der Waals surface area contributed by atoms with E-state index in [0.29, 0.717) is 11.0 Å². The summed E-state index contributed by atoms with van der Waals surface area (Å²) < 4.78 is 7.03. The van der Waals surface area contributed by atoms with Crippen LogP contribution in [0.5, 0.6) is 0 Å². The highest BCUT2D eigenvalue weighted by molar-refractivity contribution is 14.1. The van der Waals surface area contributed by atoms with E-state index in [1.165, 1.54) is 0 Å². The third-order valence-electron chi connectivity index (χ3n) is 3.39. The van der Waals surface area contributed by atoms with Crippen molar-refractivity contribution < 1.29 is 14.3 Å². The van der Waals surface area contributed by atoms with Crippen LogP contribution in [0.2, 0.25) is 0 Å². The second kappa shape index (κ2) is 7.40. The Kier molecular flexibility index (Phi) is 5.25. The predicted molar refractivity (Wildman–Crippen MR) is 103 cm³/mol. The number of nitrogens with zero attached hydrogens (tertiary/aromatic N) is 1. The van der Waals surface area contributed by atoms with Crippen LogP contribution in [0.25, 0.3) is 22.6 Å². The van der Waals surface area contributed by atoms with Gasteiger partial charge in [-0.2, -0.15) is 0 Å². The van der Waals surface area contributed by atoms with Crippen LogP contribution >= 0.6 is 34.4 Å². The smallest absolute Gasteiger partial charge is 0.316 e. The van der Waals surface area contributed by atoms with E-state index in [-0.39, 0.29) is 0 Å². The maximum Gasteiger partial charge on any atom is 0.316 e. The van der Waals surface area contributed by atoms with Gasteiger partial charge in [0.05, 0.1) is 0 Å². The summed E-state index contributed by atoms with van der Waals surface area (Å²) in [6, 6.07) is 17.7. The first kappa shape index (κ1) is 17.0. The first-order valence-corrected chi connectivity index (χ1v) is 9.22. The minimum absolute atomic E-state index is 0.359. The third-order valence-corrected chi connectivity index (χ3v) is 5.04. The highest BCUT2D eigenvalue weighted by Crippen LogP contribution is 2.36. The molecule has 0 spiro atoms. The number of rotatable bonds is 5. The summed E-state index contributed by atoms with van der Waals surface area (Å²) in [4.78, 5) is 15.6. The minimum Gasteiger partial charge on any atom is -0.480 e. The van der Waals surface area contributed by atoms with Gasteiger partial charge in [-0.3, -0.25) is 4.79 Å². The number of thioether (sulfide) groups is 1. The summed E-state index contributed by atoms with van der Waals surface area (Å²) in [7, 11) is 0. The molecule has 1 heterocycles. The lowest BCUT2D eigenvalue weighted by atomic mass is 10.1. The van der Waals surface area contributed by atoms with Crippen LogP contribution < -0.4 is 0 Å². The molecule has 0 aliphatic carbocycles. The summed E-state index contributed by atoms with van der Waals surface area (Å²) in [5.41, 5.74) is 2.57. The molecule has 0 radical (unpaired) electrons. The summed E-state index contributed by atoms with van der Waals surface area (Å²) in [6.45, 7) is 1.62. The fourth-order valence-electron chi connectivity index (χ4n) is 2.14. The van der Waals surface area contributed by atoms with Gasteiger partial charge in [-0.1, -0.05) is 54.2 Å². The van der Waals surface area contributed by atoms with Crippen LogP contribution in [0.3, 0.4) is 0 Å². The van der Waals surface area contributed by atoms with Crippen molar-refractivity contribution in [2.75, 3.05) is 0 Å². The number of carboxylic acids is 1. The highest BCUT2D eigenvalue weighted by atomic mass is 127. The first-order chi connectivity index (χ1) is 11.5. The number of carboxylic acid groups (broad SMARTS) is 1. The molecule has 3 rings (SSSR count). The molecule has 0 saturated carbocycles. The van der Waals surface area contributed by atoms with Gasteiger partial charge < -0.3 is 9.52 Å². The third kappa shape index (κ3) is 3.81. The molecule has 0 amide bonds. The number of aromatic nitrogens is 1. The summed E-state index contributed by atoms with van der Waals surface area (Å²) in [5, 5.41) is 8.82. The van der Waals surface area contributed by atoms with Gasteiger partial charge in [-0.15, -0.1) is 0 Å². The maximum absolute atomic E-state index is 11.1. The molecule has 1 unspecified atom stereocenters. The first-order valence-electron chi connectivity index (χ1n) is 7.26. The zero-order chi connectivity index (χ0) is 17.1. The van der Waals surface area contributed by atoms with Gasteiger partial charge in [0.1, 0.15) is 10.9 Å². The lowest BCUT2D eigenvalue weighted by Gasteiger charge is -2.01. The number of halogens is 1. The van der Waals surface area contributed by atoms with E-state index >= 15 is 0 Å². The standard InChI is InChI=1S/C18H14INO3S/c1-11(17(21)22)24-18-20-15(12-7-9-14(19)10-8-12)16(23-18)13-5-3-2-4-6-13/h2-11H,1H3,(H,21,22). The van der Waals surface area contributed by atoms with E-state index in [1.807, 2.05) is 54.6 Å². The van der Waals surface area contributed by atoms with E-state index in [1.54, 1.807) is 6.92 Å². The van der Waals surface area contributed by atoms with E-state index in [2.05, 4.69) is 27.6 Å². The van der Waals surface area contributed by atoms with Gasteiger partial charge >= 0.3 is 5.97 Å². The van der Waals surface area contributed by atoms with Gasteiger partial charge in [0.15, 0.2) is 5.76 Å². The molecule has 1 aromatic heterocycles. The molecule has 0 fully saturated rings. The van der Waals surface area contributed by atoms with Crippen molar-refractivity contribution in [3.05, 3.63) is 58.2 Å². The topological polar surface area (TPSA) is 63.3 Å². The molecule has 0 bridgehead atoms. The van der Waals surface area contributed by atoms with Crippen LogP contribution in [0.15, 0.2) is 64.2 Å². The zero-order valence-electron chi connectivity index (χ0n) is 12.8. The largest absolute Gasteiger partial charge is 0.480 e. The Bertz CT molecular complexity index is 846. The Morgan fingerprint density at radius 2 is 1.79 bits per heavy atom. The number of carbonyl (C=O) groups is 1. The molecule has 3 aromatic rings. The normalized spacial score (nSPS) is 12.1. The summed E-state index contributed by atoms with van der Waals surface area (Å²) in [6.07, 6.45) is 0. The van der Waals surface area contributed by atoms with Crippen LogP contribution in [-0.4, -0.2) is 21.3 Å². The Hall–Kier alpha value is -1.80. The molecule has 122 valence electrons. The predicted octanol–water partition coefficient (Wildman–Crippen LogP) is 5.18. The van der Waals surface area contributed by atoms with Crippen LogP contribution in [0.1, 0.15) is 6.92 Å².